The molecule has 2 amide bonds. The summed E-state index contributed by atoms with van der Waals surface area (Å²) in [6.45, 7) is 1.01. The van der Waals surface area contributed by atoms with Gasteiger partial charge in [0, 0.05) is 31.2 Å². The maximum absolute atomic E-state index is 13.3. The number of benzene rings is 2. The number of aromatic nitrogens is 2. The van der Waals surface area contributed by atoms with Crippen LogP contribution >= 0.6 is 0 Å². The number of carbonyl (C=O) groups excluding carboxylic acids is 2. The van der Waals surface area contributed by atoms with E-state index in [2.05, 4.69) is 15.3 Å². The van der Waals surface area contributed by atoms with E-state index in [1.807, 2.05) is 36.4 Å². The van der Waals surface area contributed by atoms with Gasteiger partial charge in [-0.2, -0.15) is 0 Å². The molecule has 3 aromatic rings. The molecule has 1 fully saturated rings. The van der Waals surface area contributed by atoms with E-state index in [9.17, 15) is 9.59 Å². The average molecular weight is 358 g/mol. The Bertz CT molecular complexity index is 1080. The molecule has 1 N–H and O–H groups in total. The van der Waals surface area contributed by atoms with Gasteiger partial charge >= 0.3 is 0 Å². The molecule has 6 nitrogen and oxygen atoms in total. The van der Waals surface area contributed by atoms with Gasteiger partial charge < -0.3 is 10.2 Å². The smallest absolute Gasteiger partial charge is 0.256 e. The third-order valence-corrected chi connectivity index (χ3v) is 5.63. The molecule has 27 heavy (non-hydrogen) atoms. The summed E-state index contributed by atoms with van der Waals surface area (Å²) in [6, 6.07) is 13.2. The Morgan fingerprint density at radius 3 is 2.85 bits per heavy atom. The monoisotopic (exact) mass is 358 g/mol. The van der Waals surface area contributed by atoms with Gasteiger partial charge in [0.25, 0.3) is 5.91 Å². The molecule has 134 valence electrons. The number of fused-ring (bicyclic) bond motifs is 3. The van der Waals surface area contributed by atoms with Crippen LogP contribution < -0.4 is 5.32 Å². The van der Waals surface area contributed by atoms with Crippen molar-refractivity contribution in [3.05, 3.63) is 66.0 Å². The van der Waals surface area contributed by atoms with Crippen LogP contribution in [-0.4, -0.2) is 39.8 Å². The highest BCUT2D eigenvalue weighted by Crippen LogP contribution is 2.43. The van der Waals surface area contributed by atoms with Gasteiger partial charge in [0.2, 0.25) is 5.91 Å². The minimum Gasteiger partial charge on any atom is -0.337 e. The highest BCUT2D eigenvalue weighted by Gasteiger charge is 2.49. The highest BCUT2D eigenvalue weighted by atomic mass is 16.2. The van der Waals surface area contributed by atoms with Crippen molar-refractivity contribution in [1.82, 2.24) is 14.9 Å². The summed E-state index contributed by atoms with van der Waals surface area (Å²) in [5.74, 6) is -0.115. The van der Waals surface area contributed by atoms with Crippen molar-refractivity contribution < 1.29 is 9.59 Å². The number of nitrogens with zero attached hydrogens (tertiary/aromatic N) is 3. The molecule has 1 atom stereocenters. The Labute approximate surface area is 156 Å². The van der Waals surface area contributed by atoms with Crippen LogP contribution in [0.1, 0.15) is 28.8 Å². The standard InChI is InChI=1S/C21H18N4O2/c26-19(14-5-3-8-17-18(14)23-11-10-22-17)25-12-4-9-21(13-25)15-6-1-2-7-16(15)24-20(21)27/h1-3,5-8,10-11H,4,9,12-13H2,(H,24,27)/t21-/m0/s1. The first-order chi connectivity index (χ1) is 13.2. The zero-order valence-corrected chi connectivity index (χ0v) is 14.7. The highest BCUT2D eigenvalue weighted by molar-refractivity contribution is 6.08. The van der Waals surface area contributed by atoms with Crippen LogP contribution in [-0.2, 0) is 10.2 Å². The molecule has 2 aromatic carbocycles. The van der Waals surface area contributed by atoms with E-state index in [4.69, 9.17) is 0 Å². The second-order valence-corrected chi connectivity index (χ2v) is 7.14. The van der Waals surface area contributed by atoms with Crippen LogP contribution in [0.5, 0.6) is 0 Å². The van der Waals surface area contributed by atoms with Gasteiger partial charge in [0.1, 0.15) is 5.52 Å². The van der Waals surface area contributed by atoms with Gasteiger partial charge in [0.15, 0.2) is 0 Å². The minimum atomic E-state index is -0.666. The molecule has 0 aliphatic carbocycles. The second-order valence-electron chi connectivity index (χ2n) is 7.14. The molecule has 1 aromatic heterocycles. The van der Waals surface area contributed by atoms with Crippen molar-refractivity contribution in [2.45, 2.75) is 18.3 Å². The van der Waals surface area contributed by atoms with Gasteiger partial charge in [-0.1, -0.05) is 24.3 Å². The maximum Gasteiger partial charge on any atom is 0.256 e. The number of nitrogens with one attached hydrogen (secondary N) is 1. The average Bonchev–Trinajstić information content (AvgIpc) is 2.98. The number of hydrogen-bond donors (Lipinski definition) is 1. The van der Waals surface area contributed by atoms with Gasteiger partial charge in [0.05, 0.1) is 16.5 Å². The first kappa shape index (κ1) is 15.9. The van der Waals surface area contributed by atoms with Gasteiger partial charge in [-0.15, -0.1) is 0 Å². The molecule has 0 saturated carbocycles. The minimum absolute atomic E-state index is 0.0149. The number of hydrogen-bond acceptors (Lipinski definition) is 4. The predicted octanol–water partition coefficient (Wildman–Crippen LogP) is 2.76. The van der Waals surface area contributed by atoms with Gasteiger partial charge in [-0.25, -0.2) is 0 Å². The van der Waals surface area contributed by atoms with Gasteiger partial charge in [-0.05, 0) is 36.6 Å². The maximum atomic E-state index is 13.3. The predicted molar refractivity (Wildman–Crippen MR) is 101 cm³/mol. The zero-order chi connectivity index (χ0) is 18.4. The van der Waals surface area contributed by atoms with Crippen LogP contribution in [0.25, 0.3) is 11.0 Å². The molecule has 0 unspecified atom stereocenters. The Kier molecular flexibility index (Phi) is 3.47. The van der Waals surface area contributed by atoms with E-state index in [0.717, 1.165) is 24.1 Å². The summed E-state index contributed by atoms with van der Waals surface area (Å²) >= 11 is 0. The normalized spacial score (nSPS) is 21.3. The van der Waals surface area contributed by atoms with E-state index in [1.165, 1.54) is 0 Å². The van der Waals surface area contributed by atoms with Crippen molar-refractivity contribution in [3.8, 4) is 0 Å². The van der Waals surface area contributed by atoms with Crippen molar-refractivity contribution >= 4 is 28.5 Å². The molecule has 1 spiro atoms. The lowest BCUT2D eigenvalue weighted by Gasteiger charge is -2.39. The number of para-hydroxylation sites is 2. The van der Waals surface area contributed by atoms with Crippen molar-refractivity contribution in [2.24, 2.45) is 0 Å². The van der Waals surface area contributed by atoms with Crippen LogP contribution in [0.2, 0.25) is 0 Å². The Morgan fingerprint density at radius 2 is 1.93 bits per heavy atom. The molecule has 0 bridgehead atoms. The molecule has 6 heteroatoms. The molecular formula is C21H18N4O2. The lowest BCUT2D eigenvalue weighted by molar-refractivity contribution is -0.122. The summed E-state index contributed by atoms with van der Waals surface area (Å²) in [5.41, 5.74) is 3.00. The quantitative estimate of drug-likeness (QED) is 0.726. The first-order valence-electron chi connectivity index (χ1n) is 9.09. The molecule has 3 heterocycles. The van der Waals surface area contributed by atoms with Crippen molar-refractivity contribution in [2.75, 3.05) is 18.4 Å². The fourth-order valence-electron chi connectivity index (χ4n) is 4.34. The largest absolute Gasteiger partial charge is 0.337 e. The van der Waals surface area contributed by atoms with Crippen LogP contribution in [0, 0.1) is 0 Å². The molecular weight excluding hydrogens is 340 g/mol. The fourth-order valence-corrected chi connectivity index (χ4v) is 4.34. The zero-order valence-electron chi connectivity index (χ0n) is 14.7. The lowest BCUT2D eigenvalue weighted by atomic mass is 9.75. The van der Waals surface area contributed by atoms with Crippen molar-refractivity contribution in [3.63, 3.8) is 0 Å². The van der Waals surface area contributed by atoms with Crippen LogP contribution in [0.3, 0.4) is 0 Å². The van der Waals surface area contributed by atoms with E-state index in [-0.39, 0.29) is 11.8 Å². The topological polar surface area (TPSA) is 75.2 Å². The summed E-state index contributed by atoms with van der Waals surface area (Å²) in [6.07, 6.45) is 4.74. The summed E-state index contributed by atoms with van der Waals surface area (Å²) < 4.78 is 0. The number of rotatable bonds is 1. The van der Waals surface area contributed by atoms with E-state index in [1.54, 1.807) is 23.4 Å². The molecule has 0 radical (unpaired) electrons. The second kappa shape index (κ2) is 5.87. The number of likely N-dealkylation sites (tertiary alicyclic amines) is 1. The van der Waals surface area contributed by atoms with E-state index in [0.29, 0.717) is 29.7 Å². The number of carbonyl (C=O) groups is 2. The number of amides is 2. The Hall–Kier alpha value is -3.28. The summed E-state index contributed by atoms with van der Waals surface area (Å²) in [7, 11) is 0. The van der Waals surface area contributed by atoms with Crippen LogP contribution in [0.15, 0.2) is 54.9 Å². The molecule has 2 aliphatic heterocycles. The summed E-state index contributed by atoms with van der Waals surface area (Å²) in [4.78, 5) is 36.6. The lowest BCUT2D eigenvalue weighted by Crippen LogP contribution is -2.51. The van der Waals surface area contributed by atoms with E-state index >= 15 is 0 Å². The Balaban J connectivity index is 1.53. The van der Waals surface area contributed by atoms with Gasteiger partial charge in [-0.3, -0.25) is 19.6 Å². The van der Waals surface area contributed by atoms with Crippen molar-refractivity contribution in [1.29, 1.82) is 0 Å². The number of anilines is 1. The SMILES string of the molecule is O=C(c1cccc2nccnc12)N1CCC[C@@]2(C1)C(=O)Nc1ccccc12. The fraction of sp³-hybridized carbons (Fsp3) is 0.238. The molecule has 2 aliphatic rings. The van der Waals surface area contributed by atoms with E-state index < -0.39 is 5.41 Å². The third kappa shape index (κ3) is 2.33. The third-order valence-electron chi connectivity index (χ3n) is 5.63. The van der Waals surface area contributed by atoms with Crippen LogP contribution in [0.4, 0.5) is 5.69 Å². The molecule has 5 rings (SSSR count). The Morgan fingerprint density at radius 1 is 1.07 bits per heavy atom. The summed E-state index contributed by atoms with van der Waals surface area (Å²) in [5, 5.41) is 2.99. The first-order valence-corrected chi connectivity index (χ1v) is 9.09. The number of piperidine rings is 1. The molecule has 1 saturated heterocycles.